The van der Waals surface area contributed by atoms with Crippen molar-refractivity contribution in [1.29, 1.82) is 0 Å². The van der Waals surface area contributed by atoms with Crippen LogP contribution in [-0.4, -0.2) is 32.0 Å². The molecule has 0 saturated heterocycles. The molecule has 1 atom stereocenters. The van der Waals surface area contributed by atoms with Gasteiger partial charge in [-0.2, -0.15) is 0 Å². The number of nitrogens with one attached hydrogen (secondary N) is 2. The molecule has 4 nitrogen and oxygen atoms in total. The molecule has 0 spiro atoms. The molecular formula is C13H20N2O2S. The number of rotatable bonds is 6. The minimum Gasteiger partial charge on any atom is -0.497 e. The van der Waals surface area contributed by atoms with Crippen molar-refractivity contribution in [2.75, 3.05) is 20.8 Å². The van der Waals surface area contributed by atoms with Crippen molar-refractivity contribution in [3.05, 3.63) is 29.8 Å². The summed E-state index contributed by atoms with van der Waals surface area (Å²) in [5, 5.41) is 6.93. The molecule has 0 fully saturated rings. The molecule has 5 heteroatoms. The van der Waals surface area contributed by atoms with E-state index in [1.807, 2.05) is 31.2 Å². The van der Waals surface area contributed by atoms with E-state index < -0.39 is 0 Å². The minimum absolute atomic E-state index is 0.200. The van der Waals surface area contributed by atoms with E-state index in [0.29, 0.717) is 18.3 Å². The lowest BCUT2D eigenvalue weighted by molar-refractivity contribution is 0.179. The van der Waals surface area contributed by atoms with Gasteiger partial charge in [0.15, 0.2) is 5.11 Å². The third kappa shape index (κ3) is 5.33. The number of thiocarbonyl (C=S) groups is 1. The Labute approximate surface area is 114 Å². The molecule has 0 aliphatic carbocycles. The third-order valence-electron chi connectivity index (χ3n) is 2.41. The van der Waals surface area contributed by atoms with E-state index in [1.165, 1.54) is 0 Å². The van der Waals surface area contributed by atoms with Crippen LogP contribution in [0.4, 0.5) is 0 Å². The molecule has 0 amide bonds. The van der Waals surface area contributed by atoms with E-state index in [4.69, 9.17) is 21.7 Å². The number of hydrogen-bond acceptors (Lipinski definition) is 3. The standard InChI is InChI=1S/C13H20N2O2S/c1-10(9-16-2)15-13(18)14-8-11-4-6-12(17-3)7-5-11/h4-7,10H,8-9H2,1-3H3,(H2,14,15,18). The highest BCUT2D eigenvalue weighted by atomic mass is 32.1. The summed E-state index contributed by atoms with van der Waals surface area (Å²) < 4.78 is 10.1. The van der Waals surface area contributed by atoms with Crippen LogP contribution in [0.1, 0.15) is 12.5 Å². The van der Waals surface area contributed by atoms with Gasteiger partial charge in [-0.05, 0) is 36.8 Å². The Hall–Kier alpha value is -1.33. The Balaban J connectivity index is 2.33. The van der Waals surface area contributed by atoms with Gasteiger partial charge >= 0.3 is 0 Å². The Kier molecular flexibility index (Phi) is 6.46. The van der Waals surface area contributed by atoms with Gasteiger partial charge in [0.05, 0.1) is 13.7 Å². The summed E-state index contributed by atoms with van der Waals surface area (Å²) in [6.07, 6.45) is 0. The largest absolute Gasteiger partial charge is 0.497 e. The predicted molar refractivity (Wildman–Crippen MR) is 76.9 cm³/mol. The summed E-state index contributed by atoms with van der Waals surface area (Å²) in [5.74, 6) is 0.855. The summed E-state index contributed by atoms with van der Waals surface area (Å²) in [7, 11) is 3.33. The smallest absolute Gasteiger partial charge is 0.166 e. The van der Waals surface area contributed by atoms with Crippen molar-refractivity contribution < 1.29 is 9.47 Å². The number of ether oxygens (including phenoxy) is 2. The van der Waals surface area contributed by atoms with Crippen LogP contribution >= 0.6 is 12.2 Å². The first-order chi connectivity index (χ1) is 8.65. The normalized spacial score (nSPS) is 11.7. The molecular weight excluding hydrogens is 248 g/mol. The van der Waals surface area contributed by atoms with Gasteiger partial charge in [-0.1, -0.05) is 12.1 Å². The van der Waals surface area contributed by atoms with Gasteiger partial charge < -0.3 is 20.1 Å². The number of benzene rings is 1. The van der Waals surface area contributed by atoms with E-state index in [2.05, 4.69) is 10.6 Å². The van der Waals surface area contributed by atoms with E-state index in [-0.39, 0.29) is 6.04 Å². The first-order valence-electron chi connectivity index (χ1n) is 5.82. The second-order valence-electron chi connectivity index (χ2n) is 4.03. The molecule has 1 rings (SSSR count). The Morgan fingerprint density at radius 2 is 1.94 bits per heavy atom. The fraction of sp³-hybridized carbons (Fsp3) is 0.462. The van der Waals surface area contributed by atoms with Crippen molar-refractivity contribution in [3.8, 4) is 5.75 Å². The van der Waals surface area contributed by atoms with Crippen LogP contribution in [0.5, 0.6) is 5.75 Å². The van der Waals surface area contributed by atoms with Crippen molar-refractivity contribution >= 4 is 17.3 Å². The SMILES string of the molecule is COCC(C)NC(=S)NCc1ccc(OC)cc1. The summed E-state index contributed by atoms with van der Waals surface area (Å²) in [4.78, 5) is 0. The fourth-order valence-electron chi connectivity index (χ4n) is 1.49. The Morgan fingerprint density at radius 1 is 1.28 bits per heavy atom. The highest BCUT2D eigenvalue weighted by molar-refractivity contribution is 7.80. The molecule has 1 aromatic carbocycles. The zero-order valence-corrected chi connectivity index (χ0v) is 11.8. The van der Waals surface area contributed by atoms with Crippen molar-refractivity contribution in [1.82, 2.24) is 10.6 Å². The topological polar surface area (TPSA) is 42.5 Å². The molecule has 0 radical (unpaired) electrons. The van der Waals surface area contributed by atoms with Crippen LogP contribution in [0.2, 0.25) is 0 Å². The van der Waals surface area contributed by atoms with Gasteiger partial charge in [0, 0.05) is 19.7 Å². The summed E-state index contributed by atoms with van der Waals surface area (Å²) >= 11 is 5.19. The molecule has 1 aromatic rings. The van der Waals surface area contributed by atoms with Gasteiger partial charge in [-0.15, -0.1) is 0 Å². The van der Waals surface area contributed by atoms with Crippen molar-refractivity contribution in [3.63, 3.8) is 0 Å². The maximum Gasteiger partial charge on any atom is 0.166 e. The lowest BCUT2D eigenvalue weighted by Crippen LogP contribution is -2.42. The van der Waals surface area contributed by atoms with Crippen LogP contribution in [0.15, 0.2) is 24.3 Å². The highest BCUT2D eigenvalue weighted by Gasteiger charge is 2.03. The van der Waals surface area contributed by atoms with Gasteiger partial charge in [-0.25, -0.2) is 0 Å². The van der Waals surface area contributed by atoms with Gasteiger partial charge in [0.1, 0.15) is 5.75 Å². The van der Waals surface area contributed by atoms with Crippen LogP contribution in [0.25, 0.3) is 0 Å². The Bertz CT molecular complexity index is 368. The zero-order valence-electron chi connectivity index (χ0n) is 11.0. The average molecular weight is 268 g/mol. The average Bonchev–Trinajstić information content (AvgIpc) is 2.37. The van der Waals surface area contributed by atoms with Crippen LogP contribution in [0.3, 0.4) is 0 Å². The van der Waals surface area contributed by atoms with E-state index in [9.17, 15) is 0 Å². The lowest BCUT2D eigenvalue weighted by Gasteiger charge is -2.16. The van der Waals surface area contributed by atoms with Gasteiger partial charge in [0.2, 0.25) is 0 Å². The predicted octanol–water partition coefficient (Wildman–Crippen LogP) is 1.69. The molecule has 0 bridgehead atoms. The molecule has 0 aliphatic rings. The minimum atomic E-state index is 0.200. The quantitative estimate of drug-likeness (QED) is 0.769. The monoisotopic (exact) mass is 268 g/mol. The van der Waals surface area contributed by atoms with E-state index >= 15 is 0 Å². The maximum absolute atomic E-state index is 5.19. The lowest BCUT2D eigenvalue weighted by atomic mass is 10.2. The first-order valence-corrected chi connectivity index (χ1v) is 6.22. The molecule has 0 aromatic heterocycles. The number of hydrogen-bond donors (Lipinski definition) is 2. The zero-order chi connectivity index (χ0) is 13.4. The first kappa shape index (κ1) is 14.7. The van der Waals surface area contributed by atoms with Crippen molar-refractivity contribution in [2.45, 2.75) is 19.5 Å². The summed E-state index contributed by atoms with van der Waals surface area (Å²) in [5.41, 5.74) is 1.15. The molecule has 0 aliphatic heterocycles. The second-order valence-corrected chi connectivity index (χ2v) is 4.44. The number of methoxy groups -OCH3 is 2. The summed E-state index contributed by atoms with van der Waals surface area (Å²) in [6.45, 7) is 3.34. The van der Waals surface area contributed by atoms with E-state index in [1.54, 1.807) is 14.2 Å². The molecule has 18 heavy (non-hydrogen) atoms. The van der Waals surface area contributed by atoms with Crippen LogP contribution < -0.4 is 15.4 Å². The van der Waals surface area contributed by atoms with Crippen molar-refractivity contribution in [2.24, 2.45) is 0 Å². The van der Waals surface area contributed by atoms with Crippen LogP contribution in [-0.2, 0) is 11.3 Å². The highest BCUT2D eigenvalue weighted by Crippen LogP contribution is 2.10. The maximum atomic E-state index is 5.19. The van der Waals surface area contributed by atoms with Crippen LogP contribution in [0, 0.1) is 0 Å². The molecule has 0 heterocycles. The van der Waals surface area contributed by atoms with Gasteiger partial charge in [0.25, 0.3) is 0 Å². The molecule has 2 N–H and O–H groups in total. The Morgan fingerprint density at radius 3 is 2.50 bits per heavy atom. The third-order valence-corrected chi connectivity index (χ3v) is 2.67. The molecule has 1 unspecified atom stereocenters. The van der Waals surface area contributed by atoms with Gasteiger partial charge in [-0.3, -0.25) is 0 Å². The second kappa shape index (κ2) is 7.89. The van der Waals surface area contributed by atoms with E-state index in [0.717, 1.165) is 11.3 Å². The summed E-state index contributed by atoms with van der Waals surface area (Å²) in [6, 6.07) is 8.08. The molecule has 0 saturated carbocycles. The molecule has 100 valence electrons. The fourth-order valence-corrected chi connectivity index (χ4v) is 1.77.